The third kappa shape index (κ3) is 3.49. The molecule has 0 radical (unpaired) electrons. The largest absolute Gasteiger partial charge is 0.334 e. The Hall–Kier alpha value is -1.60. The fourth-order valence-corrected chi connectivity index (χ4v) is 2.79. The van der Waals surface area contributed by atoms with Crippen LogP contribution in [-0.2, 0) is 0 Å². The molecule has 0 unspecified atom stereocenters. The highest BCUT2D eigenvalue weighted by atomic mass is 35.5. The molecule has 1 amide bonds. The molecule has 0 bridgehead atoms. The summed E-state index contributed by atoms with van der Waals surface area (Å²) in [6, 6.07) is 3.89. The summed E-state index contributed by atoms with van der Waals surface area (Å²) < 4.78 is 0. The molecule has 0 aromatic carbocycles. The predicted octanol–water partition coefficient (Wildman–Crippen LogP) is 3.47. The molecule has 20 heavy (non-hydrogen) atoms. The van der Waals surface area contributed by atoms with Crippen molar-refractivity contribution in [3.8, 4) is 6.07 Å². The Balaban J connectivity index is 2.14. The molecule has 1 aliphatic carbocycles. The lowest BCUT2D eigenvalue weighted by molar-refractivity contribution is 0.0907. The number of nitriles is 1. The van der Waals surface area contributed by atoms with E-state index in [0.29, 0.717) is 23.4 Å². The summed E-state index contributed by atoms with van der Waals surface area (Å²) in [6.45, 7) is 0. The predicted molar refractivity (Wildman–Crippen MR) is 77.4 cm³/mol. The Kier molecular flexibility index (Phi) is 4.97. The fourth-order valence-electron chi connectivity index (χ4n) is 2.60. The first-order chi connectivity index (χ1) is 9.67. The van der Waals surface area contributed by atoms with Gasteiger partial charge in [0.15, 0.2) is 0 Å². The van der Waals surface area contributed by atoms with Crippen molar-refractivity contribution in [3.05, 3.63) is 29.0 Å². The lowest BCUT2D eigenvalue weighted by atomic mass is 9.85. The van der Waals surface area contributed by atoms with Crippen molar-refractivity contribution in [2.24, 2.45) is 0 Å². The molecule has 1 aliphatic rings. The molecule has 1 aromatic heterocycles. The molecule has 1 saturated carbocycles. The quantitative estimate of drug-likeness (QED) is 0.907. The summed E-state index contributed by atoms with van der Waals surface area (Å²) in [4.78, 5) is 16.2. The molecule has 1 N–H and O–H groups in total. The minimum Gasteiger partial charge on any atom is -0.334 e. The first-order valence-electron chi connectivity index (χ1n) is 7.00. The van der Waals surface area contributed by atoms with Crippen LogP contribution in [0, 0.1) is 11.3 Å². The van der Waals surface area contributed by atoms with E-state index in [-0.39, 0.29) is 5.91 Å². The van der Waals surface area contributed by atoms with Crippen LogP contribution in [0.5, 0.6) is 0 Å². The number of hydrogen-bond acceptors (Lipinski definition) is 3. The molecule has 106 valence electrons. The van der Waals surface area contributed by atoms with E-state index in [0.717, 1.165) is 25.7 Å². The van der Waals surface area contributed by atoms with Gasteiger partial charge < -0.3 is 5.32 Å². The number of halogens is 1. The fraction of sp³-hybridized carbons (Fsp3) is 0.533. The van der Waals surface area contributed by atoms with Crippen molar-refractivity contribution in [1.29, 1.82) is 5.26 Å². The van der Waals surface area contributed by atoms with Crippen molar-refractivity contribution in [2.45, 2.75) is 50.5 Å². The topological polar surface area (TPSA) is 65.8 Å². The van der Waals surface area contributed by atoms with Gasteiger partial charge >= 0.3 is 0 Å². The van der Waals surface area contributed by atoms with Crippen LogP contribution in [0.15, 0.2) is 18.5 Å². The summed E-state index contributed by atoms with van der Waals surface area (Å²) >= 11 is 6.00. The maximum atomic E-state index is 12.3. The first-order valence-corrected chi connectivity index (χ1v) is 7.38. The minimum atomic E-state index is -0.767. The Morgan fingerprint density at radius 1 is 1.30 bits per heavy atom. The number of rotatable bonds is 2. The van der Waals surface area contributed by atoms with Gasteiger partial charge in [-0.15, -0.1) is 0 Å². The number of nitrogens with zero attached hydrogens (tertiary/aromatic N) is 2. The SMILES string of the molecule is N#CC1(NC(=O)c2cnccc2Cl)CCCCCCC1. The first kappa shape index (κ1) is 14.8. The second-order valence-electron chi connectivity index (χ2n) is 5.27. The van der Waals surface area contributed by atoms with Crippen molar-refractivity contribution >= 4 is 17.5 Å². The summed E-state index contributed by atoms with van der Waals surface area (Å²) in [5, 5.41) is 12.8. The third-order valence-corrected chi connectivity index (χ3v) is 4.12. The lowest BCUT2D eigenvalue weighted by Crippen LogP contribution is -2.47. The van der Waals surface area contributed by atoms with Crippen molar-refractivity contribution in [2.75, 3.05) is 0 Å². The lowest BCUT2D eigenvalue weighted by Gasteiger charge is -2.29. The normalized spacial score (nSPS) is 18.4. The van der Waals surface area contributed by atoms with E-state index >= 15 is 0 Å². The highest BCUT2D eigenvalue weighted by molar-refractivity contribution is 6.33. The molecular weight excluding hydrogens is 274 g/mol. The number of carbonyl (C=O) groups excluding carboxylic acids is 1. The van der Waals surface area contributed by atoms with Gasteiger partial charge in [-0.1, -0.05) is 43.7 Å². The summed E-state index contributed by atoms with van der Waals surface area (Å²) in [5.74, 6) is -0.315. The molecule has 1 aromatic rings. The van der Waals surface area contributed by atoms with Gasteiger partial charge in [-0.05, 0) is 18.9 Å². The van der Waals surface area contributed by atoms with Crippen molar-refractivity contribution in [1.82, 2.24) is 10.3 Å². The highest BCUT2D eigenvalue weighted by Gasteiger charge is 2.32. The van der Waals surface area contributed by atoms with Gasteiger partial charge in [-0.3, -0.25) is 9.78 Å². The van der Waals surface area contributed by atoms with Crippen LogP contribution in [-0.4, -0.2) is 16.4 Å². The van der Waals surface area contributed by atoms with E-state index in [1.54, 1.807) is 6.07 Å². The number of hydrogen-bond donors (Lipinski definition) is 1. The van der Waals surface area contributed by atoms with Crippen LogP contribution in [0.2, 0.25) is 5.02 Å². The number of carbonyl (C=O) groups is 1. The molecule has 0 atom stereocenters. The standard InChI is InChI=1S/C15H18ClN3O/c16-13-6-9-18-10-12(13)14(20)19-15(11-17)7-4-2-1-3-5-8-15/h6,9-10H,1-5,7-8H2,(H,19,20). The molecule has 5 heteroatoms. The summed E-state index contributed by atoms with van der Waals surface area (Å²) in [5.41, 5.74) is -0.442. The summed E-state index contributed by atoms with van der Waals surface area (Å²) in [7, 11) is 0. The highest BCUT2D eigenvalue weighted by Crippen LogP contribution is 2.26. The Bertz CT molecular complexity index is 516. The number of nitrogens with one attached hydrogen (secondary N) is 1. The molecule has 0 spiro atoms. The number of pyridine rings is 1. The maximum Gasteiger partial charge on any atom is 0.255 e. The monoisotopic (exact) mass is 291 g/mol. The molecular formula is C15H18ClN3O. The molecule has 4 nitrogen and oxygen atoms in total. The van der Waals surface area contributed by atoms with Gasteiger partial charge in [0, 0.05) is 12.4 Å². The Morgan fingerprint density at radius 2 is 1.95 bits per heavy atom. The second-order valence-corrected chi connectivity index (χ2v) is 5.68. The number of aromatic nitrogens is 1. The van der Waals surface area contributed by atoms with Crippen LogP contribution in [0.3, 0.4) is 0 Å². The zero-order valence-corrected chi connectivity index (χ0v) is 12.1. The molecule has 0 aliphatic heterocycles. The third-order valence-electron chi connectivity index (χ3n) is 3.79. The van der Waals surface area contributed by atoms with E-state index in [1.165, 1.54) is 18.8 Å². The smallest absolute Gasteiger partial charge is 0.255 e. The Labute approximate surface area is 124 Å². The minimum absolute atomic E-state index is 0.315. The van der Waals surface area contributed by atoms with E-state index in [9.17, 15) is 10.1 Å². The molecule has 1 heterocycles. The van der Waals surface area contributed by atoms with E-state index in [4.69, 9.17) is 11.6 Å². The molecule has 2 rings (SSSR count). The van der Waals surface area contributed by atoms with Crippen LogP contribution in [0.25, 0.3) is 0 Å². The van der Waals surface area contributed by atoms with E-state index in [1.807, 2.05) is 0 Å². The van der Waals surface area contributed by atoms with Crippen molar-refractivity contribution < 1.29 is 4.79 Å². The Morgan fingerprint density at radius 3 is 2.55 bits per heavy atom. The summed E-state index contributed by atoms with van der Waals surface area (Å²) in [6.07, 6.45) is 9.76. The van der Waals surface area contributed by atoms with Gasteiger partial charge in [0.2, 0.25) is 0 Å². The van der Waals surface area contributed by atoms with Crippen LogP contribution >= 0.6 is 11.6 Å². The average molecular weight is 292 g/mol. The van der Waals surface area contributed by atoms with Crippen LogP contribution in [0.1, 0.15) is 55.3 Å². The van der Waals surface area contributed by atoms with Gasteiger partial charge in [0.1, 0.15) is 5.54 Å². The second kappa shape index (κ2) is 6.71. The molecule has 0 saturated heterocycles. The van der Waals surface area contributed by atoms with Gasteiger partial charge in [0.25, 0.3) is 5.91 Å². The zero-order valence-electron chi connectivity index (χ0n) is 11.4. The number of amides is 1. The maximum absolute atomic E-state index is 12.3. The average Bonchev–Trinajstić information content (AvgIpc) is 2.42. The van der Waals surface area contributed by atoms with Crippen LogP contribution in [0.4, 0.5) is 0 Å². The van der Waals surface area contributed by atoms with Crippen LogP contribution < -0.4 is 5.32 Å². The molecule has 1 fully saturated rings. The van der Waals surface area contributed by atoms with E-state index < -0.39 is 5.54 Å². The van der Waals surface area contributed by atoms with Gasteiger partial charge in [-0.25, -0.2) is 0 Å². The van der Waals surface area contributed by atoms with E-state index in [2.05, 4.69) is 16.4 Å². The van der Waals surface area contributed by atoms with Gasteiger partial charge in [-0.2, -0.15) is 5.26 Å². The van der Waals surface area contributed by atoms with Gasteiger partial charge in [0.05, 0.1) is 16.7 Å². The zero-order chi connectivity index (χ0) is 14.4. The van der Waals surface area contributed by atoms with Crippen molar-refractivity contribution in [3.63, 3.8) is 0 Å².